The van der Waals surface area contributed by atoms with Gasteiger partial charge in [0.25, 0.3) is 0 Å². The summed E-state index contributed by atoms with van der Waals surface area (Å²) in [5.74, 6) is 0.0443. The first-order chi connectivity index (χ1) is 8.86. The number of nitrogens with one attached hydrogen (secondary N) is 1. The van der Waals surface area contributed by atoms with Crippen molar-refractivity contribution in [1.29, 1.82) is 0 Å². The molecule has 2 amide bonds. The first-order valence-electron chi connectivity index (χ1n) is 6.80. The summed E-state index contributed by atoms with van der Waals surface area (Å²) in [4.78, 5) is 25.5. The largest absolute Gasteiger partial charge is 0.480 e. The summed E-state index contributed by atoms with van der Waals surface area (Å²) < 4.78 is 0. The van der Waals surface area contributed by atoms with Gasteiger partial charge in [0.1, 0.15) is 5.54 Å². The molecule has 1 heterocycles. The quantitative estimate of drug-likeness (QED) is 0.829. The molecule has 1 saturated carbocycles. The Morgan fingerprint density at radius 1 is 1.37 bits per heavy atom. The van der Waals surface area contributed by atoms with Crippen molar-refractivity contribution in [3.63, 3.8) is 0 Å². The Labute approximate surface area is 118 Å². The first-order valence-corrected chi connectivity index (χ1v) is 7.85. The van der Waals surface area contributed by atoms with Crippen molar-refractivity contribution in [2.45, 2.75) is 50.4 Å². The molecule has 0 aromatic rings. The minimum absolute atomic E-state index is 0.0702. The van der Waals surface area contributed by atoms with Crippen LogP contribution in [0, 0.1) is 5.92 Å². The highest BCUT2D eigenvalue weighted by Crippen LogP contribution is 2.40. The molecule has 0 aromatic carbocycles. The van der Waals surface area contributed by atoms with Crippen LogP contribution >= 0.6 is 11.8 Å². The van der Waals surface area contributed by atoms with Gasteiger partial charge in [0.15, 0.2) is 0 Å². The summed E-state index contributed by atoms with van der Waals surface area (Å²) in [5.41, 5.74) is -1.12. The molecule has 2 fully saturated rings. The van der Waals surface area contributed by atoms with E-state index in [1.807, 2.05) is 18.7 Å². The maximum atomic E-state index is 12.3. The Morgan fingerprint density at radius 3 is 2.53 bits per heavy atom. The second-order valence-corrected chi connectivity index (χ2v) is 7.21. The molecule has 3 atom stereocenters. The van der Waals surface area contributed by atoms with Gasteiger partial charge in [-0.05, 0) is 32.6 Å². The molecule has 5 nitrogen and oxygen atoms in total. The second-order valence-electron chi connectivity index (χ2n) is 5.72. The van der Waals surface area contributed by atoms with Crippen LogP contribution in [-0.4, -0.2) is 51.1 Å². The van der Waals surface area contributed by atoms with Crippen LogP contribution in [0.25, 0.3) is 0 Å². The molecule has 1 aliphatic carbocycles. The van der Waals surface area contributed by atoms with E-state index in [0.29, 0.717) is 11.8 Å². The van der Waals surface area contributed by atoms with E-state index >= 15 is 0 Å². The average molecular weight is 286 g/mol. The molecule has 6 heteroatoms. The number of urea groups is 1. The summed E-state index contributed by atoms with van der Waals surface area (Å²) >= 11 is 1.85. The lowest BCUT2D eigenvalue weighted by Gasteiger charge is -2.39. The van der Waals surface area contributed by atoms with Crippen molar-refractivity contribution < 1.29 is 14.7 Å². The second kappa shape index (κ2) is 5.23. The highest BCUT2D eigenvalue weighted by molar-refractivity contribution is 8.00. The third kappa shape index (κ3) is 2.83. The number of carbonyl (C=O) groups is 2. The van der Waals surface area contributed by atoms with Crippen molar-refractivity contribution in [3.8, 4) is 0 Å². The molecule has 0 aromatic heterocycles. The maximum Gasteiger partial charge on any atom is 0.329 e. The van der Waals surface area contributed by atoms with Gasteiger partial charge >= 0.3 is 12.0 Å². The van der Waals surface area contributed by atoms with Crippen LogP contribution in [-0.2, 0) is 4.79 Å². The third-order valence-electron chi connectivity index (χ3n) is 4.35. The van der Waals surface area contributed by atoms with Crippen molar-refractivity contribution in [2.75, 3.05) is 12.3 Å². The molecule has 3 unspecified atom stereocenters. The fourth-order valence-corrected chi connectivity index (χ4v) is 3.60. The maximum absolute atomic E-state index is 12.3. The van der Waals surface area contributed by atoms with Gasteiger partial charge in [0.05, 0.1) is 0 Å². The van der Waals surface area contributed by atoms with Gasteiger partial charge in [-0.3, -0.25) is 0 Å². The van der Waals surface area contributed by atoms with Crippen LogP contribution < -0.4 is 5.32 Å². The summed E-state index contributed by atoms with van der Waals surface area (Å²) in [6, 6.07) is -0.104. The summed E-state index contributed by atoms with van der Waals surface area (Å²) in [6.07, 6.45) is 1.76. The van der Waals surface area contributed by atoms with E-state index in [1.165, 1.54) is 0 Å². The zero-order valence-electron chi connectivity index (χ0n) is 11.7. The molecular formula is C13H22N2O3S. The normalized spacial score (nSPS) is 30.6. The van der Waals surface area contributed by atoms with Crippen molar-refractivity contribution in [1.82, 2.24) is 10.2 Å². The molecule has 19 heavy (non-hydrogen) atoms. The zero-order chi connectivity index (χ0) is 14.2. The van der Waals surface area contributed by atoms with Crippen LogP contribution in [0.15, 0.2) is 0 Å². The monoisotopic (exact) mass is 286 g/mol. The Bertz CT molecular complexity index is 386. The highest BCUT2D eigenvalue weighted by atomic mass is 32.2. The lowest BCUT2D eigenvalue weighted by Crippen LogP contribution is -2.60. The van der Waals surface area contributed by atoms with Crippen LogP contribution in [0.4, 0.5) is 4.79 Å². The van der Waals surface area contributed by atoms with Gasteiger partial charge in [-0.1, -0.05) is 6.92 Å². The number of carboxylic acids is 1. The molecule has 0 spiro atoms. The van der Waals surface area contributed by atoms with E-state index in [9.17, 15) is 14.7 Å². The minimum Gasteiger partial charge on any atom is -0.480 e. The molecule has 1 aliphatic heterocycles. The van der Waals surface area contributed by atoms with Crippen molar-refractivity contribution >= 4 is 23.8 Å². The Morgan fingerprint density at radius 2 is 2.00 bits per heavy atom. The van der Waals surface area contributed by atoms with Crippen LogP contribution in [0.1, 0.15) is 33.6 Å². The molecule has 108 valence electrons. The van der Waals surface area contributed by atoms with Crippen LogP contribution in [0.2, 0.25) is 0 Å². The average Bonchev–Trinajstić information content (AvgIpc) is 3.16. The van der Waals surface area contributed by atoms with Crippen LogP contribution in [0.3, 0.4) is 0 Å². The fourth-order valence-electron chi connectivity index (χ4n) is 2.50. The Kier molecular flexibility index (Phi) is 3.99. The van der Waals surface area contributed by atoms with Gasteiger partial charge in [-0.25, -0.2) is 9.59 Å². The molecular weight excluding hydrogens is 264 g/mol. The van der Waals surface area contributed by atoms with Gasteiger partial charge in [-0.2, -0.15) is 11.8 Å². The van der Waals surface area contributed by atoms with Gasteiger partial charge in [0.2, 0.25) is 0 Å². The molecule has 1 saturated heterocycles. The number of thioether (sulfide) groups is 1. The van der Waals surface area contributed by atoms with Crippen molar-refractivity contribution in [3.05, 3.63) is 0 Å². The predicted molar refractivity (Wildman–Crippen MR) is 75.4 cm³/mol. The van der Waals surface area contributed by atoms with E-state index in [4.69, 9.17) is 0 Å². The number of hydrogen-bond donors (Lipinski definition) is 2. The number of hydrogen-bond acceptors (Lipinski definition) is 3. The number of aliphatic carboxylic acids is 1. The highest BCUT2D eigenvalue weighted by Gasteiger charge is 2.49. The number of amides is 2. The fraction of sp³-hybridized carbons (Fsp3) is 0.846. The standard InChI is InChI=1S/C13H22N2O3S/c1-8-9(2)19-7-6-15(8)12(18)14-13(3,11(16)17)10-4-5-10/h8-10H,4-7H2,1-3H3,(H,14,18)(H,16,17). The van der Waals surface area contributed by atoms with Gasteiger partial charge in [-0.15, -0.1) is 0 Å². The van der Waals surface area contributed by atoms with Gasteiger partial charge < -0.3 is 15.3 Å². The number of carboxylic acid groups (broad SMARTS) is 1. The lowest BCUT2D eigenvalue weighted by atomic mass is 9.96. The molecule has 2 aliphatic rings. The van der Waals surface area contributed by atoms with E-state index in [2.05, 4.69) is 12.2 Å². The zero-order valence-corrected chi connectivity index (χ0v) is 12.5. The predicted octanol–water partition coefficient (Wildman–Crippen LogP) is 1.78. The molecule has 0 bridgehead atoms. The smallest absolute Gasteiger partial charge is 0.329 e. The van der Waals surface area contributed by atoms with E-state index < -0.39 is 11.5 Å². The summed E-state index contributed by atoms with van der Waals surface area (Å²) in [6.45, 7) is 6.43. The van der Waals surface area contributed by atoms with E-state index in [-0.39, 0.29) is 18.0 Å². The van der Waals surface area contributed by atoms with Crippen LogP contribution in [0.5, 0.6) is 0 Å². The Balaban J connectivity index is 2.05. The van der Waals surface area contributed by atoms with Gasteiger partial charge in [0, 0.05) is 23.6 Å². The van der Waals surface area contributed by atoms with Crippen molar-refractivity contribution in [2.24, 2.45) is 5.92 Å². The van der Waals surface area contributed by atoms with E-state index in [0.717, 1.165) is 18.6 Å². The molecule has 2 N–H and O–H groups in total. The third-order valence-corrected chi connectivity index (χ3v) is 5.69. The summed E-state index contributed by atoms with van der Waals surface area (Å²) in [5, 5.41) is 12.5. The molecule has 0 radical (unpaired) electrons. The number of nitrogens with zero attached hydrogens (tertiary/aromatic N) is 1. The minimum atomic E-state index is -1.12. The number of carbonyl (C=O) groups excluding carboxylic acids is 1. The summed E-state index contributed by atoms with van der Waals surface area (Å²) in [7, 11) is 0. The lowest BCUT2D eigenvalue weighted by molar-refractivity contribution is -0.144. The topological polar surface area (TPSA) is 69.6 Å². The first kappa shape index (κ1) is 14.5. The molecule has 2 rings (SSSR count). The Hall–Kier alpha value is -0.910. The SMILES string of the molecule is CC1SCCN(C(=O)NC(C)(C(=O)O)C2CC2)C1C. The van der Waals surface area contributed by atoms with E-state index in [1.54, 1.807) is 11.8 Å². The number of rotatable bonds is 3.